The molecular formula is C16H19N3O3S. The number of carbonyl (C=O) groups is 2. The smallest absolute Gasteiger partial charge is 0.284 e. The molecule has 0 aliphatic carbocycles. The van der Waals surface area contributed by atoms with Crippen molar-refractivity contribution in [2.24, 2.45) is 5.92 Å². The molecular weight excluding hydrogens is 314 g/mol. The van der Waals surface area contributed by atoms with E-state index < -0.39 is 6.04 Å². The lowest BCUT2D eigenvalue weighted by molar-refractivity contribution is 0.0884. The van der Waals surface area contributed by atoms with Crippen LogP contribution in [0.5, 0.6) is 0 Å². The van der Waals surface area contributed by atoms with Gasteiger partial charge >= 0.3 is 0 Å². The third-order valence-electron chi connectivity index (χ3n) is 3.28. The fourth-order valence-corrected chi connectivity index (χ4v) is 2.31. The van der Waals surface area contributed by atoms with Crippen LogP contribution in [0.25, 0.3) is 0 Å². The van der Waals surface area contributed by atoms with Gasteiger partial charge in [-0.05, 0) is 24.6 Å². The Labute approximate surface area is 139 Å². The highest BCUT2D eigenvalue weighted by Gasteiger charge is 2.25. The van der Waals surface area contributed by atoms with Gasteiger partial charge in [-0.25, -0.2) is 5.10 Å². The zero-order valence-electron chi connectivity index (χ0n) is 13.0. The van der Waals surface area contributed by atoms with Crippen LogP contribution in [0.4, 0.5) is 0 Å². The Morgan fingerprint density at radius 3 is 2.57 bits per heavy atom. The SMILES string of the molecule is CC(C)C[C@H](NCC(=O)c1ccccc1)C(=O)c1n[nH]c(=S)o1. The Hall–Kier alpha value is -2.12. The maximum atomic E-state index is 12.4. The van der Waals surface area contributed by atoms with Gasteiger partial charge in [0.1, 0.15) is 0 Å². The Morgan fingerprint density at radius 1 is 1.30 bits per heavy atom. The third kappa shape index (κ3) is 4.94. The van der Waals surface area contributed by atoms with Crippen LogP contribution in [0.3, 0.4) is 0 Å². The van der Waals surface area contributed by atoms with Crippen LogP contribution >= 0.6 is 12.2 Å². The quantitative estimate of drug-likeness (QED) is 0.570. The monoisotopic (exact) mass is 333 g/mol. The Balaban J connectivity index is 2.05. The van der Waals surface area contributed by atoms with Crippen LogP contribution < -0.4 is 5.32 Å². The van der Waals surface area contributed by atoms with E-state index in [2.05, 4.69) is 15.5 Å². The van der Waals surface area contributed by atoms with E-state index in [0.29, 0.717) is 12.0 Å². The summed E-state index contributed by atoms with van der Waals surface area (Å²) in [6, 6.07) is 8.39. The van der Waals surface area contributed by atoms with E-state index in [-0.39, 0.29) is 34.8 Å². The first-order valence-electron chi connectivity index (χ1n) is 7.38. The number of benzene rings is 1. The van der Waals surface area contributed by atoms with Crippen molar-refractivity contribution in [2.75, 3.05) is 6.54 Å². The molecule has 1 aromatic carbocycles. The van der Waals surface area contributed by atoms with Gasteiger partial charge in [0.25, 0.3) is 10.7 Å². The average Bonchev–Trinajstić information content (AvgIpc) is 2.97. The molecule has 2 N–H and O–H groups in total. The van der Waals surface area contributed by atoms with Gasteiger partial charge < -0.3 is 4.42 Å². The summed E-state index contributed by atoms with van der Waals surface area (Å²) in [5.41, 5.74) is 0.605. The van der Waals surface area contributed by atoms with E-state index in [9.17, 15) is 9.59 Å². The first-order valence-corrected chi connectivity index (χ1v) is 7.79. The summed E-state index contributed by atoms with van der Waals surface area (Å²) in [6.07, 6.45) is 0.566. The highest BCUT2D eigenvalue weighted by molar-refractivity contribution is 7.71. The molecule has 0 saturated heterocycles. The summed E-state index contributed by atoms with van der Waals surface area (Å²) in [5.74, 6) is -0.188. The van der Waals surface area contributed by atoms with Crippen molar-refractivity contribution in [1.29, 1.82) is 0 Å². The molecule has 1 atom stereocenters. The number of Topliss-reactive ketones (excluding diaryl/α,β-unsaturated/α-hetero) is 2. The van der Waals surface area contributed by atoms with E-state index in [1.807, 2.05) is 19.9 Å². The normalized spacial score (nSPS) is 12.3. The molecule has 0 aliphatic rings. The lowest BCUT2D eigenvalue weighted by Gasteiger charge is -2.17. The average molecular weight is 333 g/mol. The number of rotatable bonds is 8. The minimum Gasteiger partial charge on any atom is -0.406 e. The number of H-pyrrole nitrogens is 1. The number of aromatic nitrogens is 2. The molecule has 122 valence electrons. The van der Waals surface area contributed by atoms with Crippen LogP contribution in [0.2, 0.25) is 0 Å². The van der Waals surface area contributed by atoms with E-state index in [1.165, 1.54) is 0 Å². The van der Waals surface area contributed by atoms with Crippen molar-refractivity contribution in [3.05, 3.63) is 46.6 Å². The van der Waals surface area contributed by atoms with Crippen LogP contribution in [0.1, 0.15) is 41.3 Å². The molecule has 0 spiro atoms. The van der Waals surface area contributed by atoms with Crippen LogP contribution in [-0.2, 0) is 0 Å². The second kappa shape index (κ2) is 7.94. The summed E-state index contributed by atoms with van der Waals surface area (Å²) in [4.78, 5) is 24.7. The van der Waals surface area contributed by atoms with Crippen molar-refractivity contribution in [3.8, 4) is 0 Å². The molecule has 2 rings (SSSR count). The second-order valence-electron chi connectivity index (χ2n) is 5.63. The molecule has 0 saturated carbocycles. The molecule has 0 bridgehead atoms. The first kappa shape index (κ1) is 17.2. The number of carbonyl (C=O) groups excluding carboxylic acids is 2. The minimum atomic E-state index is -0.552. The summed E-state index contributed by atoms with van der Waals surface area (Å²) in [6.45, 7) is 4.07. The molecule has 1 heterocycles. The highest BCUT2D eigenvalue weighted by atomic mass is 32.1. The summed E-state index contributed by atoms with van der Waals surface area (Å²) in [5, 5.41) is 9.20. The zero-order chi connectivity index (χ0) is 16.8. The van der Waals surface area contributed by atoms with E-state index in [4.69, 9.17) is 16.6 Å². The summed E-state index contributed by atoms with van der Waals surface area (Å²) >= 11 is 4.79. The molecule has 0 radical (unpaired) electrons. The molecule has 0 fully saturated rings. The van der Waals surface area contributed by atoms with Gasteiger partial charge in [-0.3, -0.25) is 14.9 Å². The van der Waals surface area contributed by atoms with Gasteiger partial charge in [0, 0.05) is 5.56 Å². The molecule has 0 unspecified atom stereocenters. The molecule has 1 aromatic heterocycles. The van der Waals surface area contributed by atoms with E-state index in [0.717, 1.165) is 0 Å². The second-order valence-corrected chi connectivity index (χ2v) is 6.01. The molecule has 7 heteroatoms. The van der Waals surface area contributed by atoms with Gasteiger partial charge in [0.05, 0.1) is 12.6 Å². The summed E-state index contributed by atoms with van der Waals surface area (Å²) in [7, 11) is 0. The Kier molecular flexibility index (Phi) is 5.95. The van der Waals surface area contributed by atoms with Crippen LogP contribution in [-0.4, -0.2) is 34.4 Å². The van der Waals surface area contributed by atoms with Crippen molar-refractivity contribution in [1.82, 2.24) is 15.5 Å². The Bertz CT molecular complexity index is 721. The molecule has 0 aliphatic heterocycles. The lowest BCUT2D eigenvalue weighted by Crippen LogP contribution is -2.41. The van der Waals surface area contributed by atoms with E-state index in [1.54, 1.807) is 24.3 Å². The summed E-state index contributed by atoms with van der Waals surface area (Å²) < 4.78 is 5.07. The maximum Gasteiger partial charge on any atom is 0.284 e. The van der Waals surface area contributed by atoms with Gasteiger partial charge in [-0.1, -0.05) is 44.2 Å². The number of nitrogens with zero attached hydrogens (tertiary/aromatic N) is 1. The highest BCUT2D eigenvalue weighted by Crippen LogP contribution is 2.10. The van der Waals surface area contributed by atoms with Gasteiger partial charge in [-0.2, -0.15) is 0 Å². The fraction of sp³-hybridized carbons (Fsp3) is 0.375. The number of hydrogen-bond acceptors (Lipinski definition) is 6. The number of ketones is 2. The number of nitrogens with one attached hydrogen (secondary N) is 2. The first-order chi connectivity index (χ1) is 11.0. The van der Waals surface area contributed by atoms with Gasteiger partial charge in [0.15, 0.2) is 5.78 Å². The predicted octanol–water partition coefficient (Wildman–Crippen LogP) is 2.80. The van der Waals surface area contributed by atoms with Crippen molar-refractivity contribution >= 4 is 23.8 Å². The predicted molar refractivity (Wildman–Crippen MR) is 88.0 cm³/mol. The van der Waals surface area contributed by atoms with Crippen molar-refractivity contribution in [3.63, 3.8) is 0 Å². The van der Waals surface area contributed by atoms with Gasteiger partial charge in [0.2, 0.25) is 5.78 Å². The third-order valence-corrected chi connectivity index (χ3v) is 3.45. The van der Waals surface area contributed by atoms with Crippen molar-refractivity contribution < 1.29 is 14.0 Å². The lowest BCUT2D eigenvalue weighted by atomic mass is 9.99. The molecule has 0 amide bonds. The van der Waals surface area contributed by atoms with Crippen LogP contribution in [0, 0.1) is 10.8 Å². The molecule has 23 heavy (non-hydrogen) atoms. The maximum absolute atomic E-state index is 12.4. The topological polar surface area (TPSA) is 88.0 Å². The zero-order valence-corrected chi connectivity index (χ0v) is 13.9. The fourth-order valence-electron chi connectivity index (χ4n) is 2.18. The van der Waals surface area contributed by atoms with Gasteiger partial charge in [-0.15, -0.1) is 5.10 Å². The largest absolute Gasteiger partial charge is 0.406 e. The molecule has 2 aromatic rings. The molecule has 6 nitrogen and oxygen atoms in total. The van der Waals surface area contributed by atoms with Crippen molar-refractivity contribution in [2.45, 2.75) is 26.3 Å². The Morgan fingerprint density at radius 2 is 2.00 bits per heavy atom. The standard InChI is InChI=1S/C16H19N3O3S/c1-10(2)8-12(14(21)15-18-19-16(23)22-15)17-9-13(20)11-6-4-3-5-7-11/h3-7,10,12,17H,8-9H2,1-2H3,(H,19,23)/t12-/m0/s1. The van der Waals surface area contributed by atoms with E-state index >= 15 is 0 Å². The number of hydrogen-bond donors (Lipinski definition) is 2. The van der Waals surface area contributed by atoms with Crippen LogP contribution in [0.15, 0.2) is 34.7 Å². The number of aromatic amines is 1. The minimum absolute atomic E-state index is 0.0528.